The van der Waals surface area contributed by atoms with Crippen molar-refractivity contribution in [2.75, 3.05) is 32.7 Å². The van der Waals surface area contributed by atoms with Gasteiger partial charge in [-0.05, 0) is 24.8 Å². The monoisotopic (exact) mass is 294 g/mol. The number of piperazine rings is 1. The number of likely N-dealkylation sites (N-methyl/N-ethyl adjacent to an activating group) is 1. The fraction of sp³-hybridized carbons (Fsp3) is 0.429. The molecule has 20 heavy (non-hydrogen) atoms. The van der Waals surface area contributed by atoms with Gasteiger partial charge in [-0.15, -0.1) is 11.3 Å². The molecular formula is C14H18N2O3S. The number of thiophene rings is 1. The van der Waals surface area contributed by atoms with Crippen molar-refractivity contribution in [2.45, 2.75) is 6.92 Å². The van der Waals surface area contributed by atoms with E-state index in [1.54, 1.807) is 12.1 Å². The Bertz CT molecular complexity index is 516. The average molecular weight is 294 g/mol. The molecular weight excluding hydrogens is 276 g/mol. The van der Waals surface area contributed by atoms with Gasteiger partial charge in [0.1, 0.15) is 0 Å². The largest absolute Gasteiger partial charge is 0.478 e. The van der Waals surface area contributed by atoms with Crippen molar-refractivity contribution in [2.24, 2.45) is 0 Å². The maximum Gasteiger partial charge on any atom is 0.328 e. The second kappa shape index (κ2) is 6.67. The van der Waals surface area contributed by atoms with E-state index in [-0.39, 0.29) is 5.91 Å². The quantitative estimate of drug-likeness (QED) is 0.857. The molecule has 1 amide bonds. The van der Waals surface area contributed by atoms with Crippen LogP contribution in [0.1, 0.15) is 21.5 Å². The molecule has 108 valence electrons. The van der Waals surface area contributed by atoms with Crippen molar-refractivity contribution in [1.29, 1.82) is 0 Å². The van der Waals surface area contributed by atoms with Crippen molar-refractivity contribution in [3.8, 4) is 0 Å². The number of hydrogen-bond donors (Lipinski definition) is 1. The predicted molar refractivity (Wildman–Crippen MR) is 79.0 cm³/mol. The van der Waals surface area contributed by atoms with Crippen LogP contribution in [0.25, 0.3) is 6.08 Å². The third-order valence-electron chi connectivity index (χ3n) is 3.33. The van der Waals surface area contributed by atoms with Crippen LogP contribution in [-0.2, 0) is 4.79 Å². The maximum atomic E-state index is 12.3. The van der Waals surface area contributed by atoms with Crippen molar-refractivity contribution in [3.63, 3.8) is 0 Å². The first kappa shape index (κ1) is 14.7. The first-order valence-corrected chi connectivity index (χ1v) is 7.44. The van der Waals surface area contributed by atoms with Gasteiger partial charge in [-0.3, -0.25) is 4.79 Å². The van der Waals surface area contributed by atoms with Gasteiger partial charge in [-0.2, -0.15) is 0 Å². The van der Waals surface area contributed by atoms with Gasteiger partial charge in [0.25, 0.3) is 5.91 Å². The topological polar surface area (TPSA) is 60.9 Å². The first-order chi connectivity index (χ1) is 9.60. The normalized spacial score (nSPS) is 16.8. The Kier molecular flexibility index (Phi) is 4.92. The molecule has 1 N–H and O–H groups in total. The summed E-state index contributed by atoms with van der Waals surface area (Å²) in [5.74, 6) is -0.942. The Morgan fingerprint density at radius 2 is 2.00 bits per heavy atom. The van der Waals surface area contributed by atoms with Crippen molar-refractivity contribution in [1.82, 2.24) is 9.80 Å². The molecule has 1 saturated heterocycles. The molecule has 1 aliphatic heterocycles. The number of amides is 1. The van der Waals surface area contributed by atoms with E-state index in [0.717, 1.165) is 43.7 Å². The Hall–Kier alpha value is -1.66. The number of carboxylic acids is 1. The molecule has 0 atom stereocenters. The zero-order chi connectivity index (χ0) is 14.5. The summed E-state index contributed by atoms with van der Waals surface area (Å²) in [7, 11) is 0. The molecule has 0 aromatic carbocycles. The summed E-state index contributed by atoms with van der Waals surface area (Å²) in [6.45, 7) is 6.48. The second-order valence-electron chi connectivity index (χ2n) is 4.60. The van der Waals surface area contributed by atoms with Crippen LogP contribution in [0, 0.1) is 0 Å². The molecule has 1 aliphatic rings. The van der Waals surface area contributed by atoms with Crippen LogP contribution < -0.4 is 0 Å². The van der Waals surface area contributed by atoms with Gasteiger partial charge in [0.2, 0.25) is 0 Å². The standard InChI is InChI=1S/C14H18N2O3S/c1-2-15-7-9-16(10-8-15)14(19)12-5-3-11(20-12)4-6-13(17)18/h3-6H,2,7-10H2,1H3,(H,17,18). The third kappa shape index (κ3) is 3.68. The molecule has 0 spiro atoms. The Labute approximate surface area is 122 Å². The van der Waals surface area contributed by atoms with Gasteiger partial charge in [-0.25, -0.2) is 4.79 Å². The van der Waals surface area contributed by atoms with E-state index >= 15 is 0 Å². The predicted octanol–water partition coefficient (Wildman–Crippen LogP) is 1.62. The Morgan fingerprint density at radius 3 is 2.60 bits per heavy atom. The summed E-state index contributed by atoms with van der Waals surface area (Å²) in [5.41, 5.74) is 0. The van der Waals surface area contributed by atoms with Crippen molar-refractivity contribution >= 4 is 29.3 Å². The molecule has 5 nitrogen and oxygen atoms in total. The van der Waals surface area contributed by atoms with Crippen LogP contribution in [0.4, 0.5) is 0 Å². The zero-order valence-corrected chi connectivity index (χ0v) is 12.2. The number of carboxylic acid groups (broad SMARTS) is 1. The maximum absolute atomic E-state index is 12.3. The SMILES string of the molecule is CCN1CCN(C(=O)c2ccc(C=CC(=O)O)s2)CC1. The molecule has 6 heteroatoms. The minimum absolute atomic E-state index is 0.0423. The zero-order valence-electron chi connectivity index (χ0n) is 11.4. The lowest BCUT2D eigenvalue weighted by atomic mass is 10.3. The van der Waals surface area contributed by atoms with E-state index in [4.69, 9.17) is 5.11 Å². The summed E-state index contributed by atoms with van der Waals surface area (Å²) < 4.78 is 0. The lowest BCUT2D eigenvalue weighted by Gasteiger charge is -2.33. The summed E-state index contributed by atoms with van der Waals surface area (Å²) in [5, 5.41) is 8.58. The van der Waals surface area contributed by atoms with Gasteiger partial charge in [-0.1, -0.05) is 6.92 Å². The van der Waals surface area contributed by atoms with Crippen LogP contribution in [0.15, 0.2) is 18.2 Å². The lowest BCUT2D eigenvalue weighted by molar-refractivity contribution is -0.131. The van der Waals surface area contributed by atoms with Gasteiger partial charge < -0.3 is 14.9 Å². The molecule has 1 aromatic heterocycles. The number of aliphatic carboxylic acids is 1. The van der Waals surface area contributed by atoms with E-state index in [9.17, 15) is 9.59 Å². The number of carbonyl (C=O) groups excluding carboxylic acids is 1. The van der Waals surface area contributed by atoms with E-state index < -0.39 is 5.97 Å². The van der Waals surface area contributed by atoms with E-state index in [2.05, 4.69) is 11.8 Å². The van der Waals surface area contributed by atoms with Gasteiger partial charge >= 0.3 is 5.97 Å². The van der Waals surface area contributed by atoms with E-state index in [1.807, 2.05) is 4.90 Å². The second-order valence-corrected chi connectivity index (χ2v) is 5.72. The third-order valence-corrected chi connectivity index (χ3v) is 4.37. The number of nitrogens with zero attached hydrogens (tertiary/aromatic N) is 2. The van der Waals surface area contributed by atoms with Gasteiger partial charge in [0.05, 0.1) is 4.88 Å². The highest BCUT2D eigenvalue weighted by molar-refractivity contribution is 7.14. The van der Waals surface area contributed by atoms with E-state index in [1.165, 1.54) is 17.4 Å². The highest BCUT2D eigenvalue weighted by Crippen LogP contribution is 2.20. The Morgan fingerprint density at radius 1 is 1.30 bits per heavy atom. The molecule has 1 fully saturated rings. The van der Waals surface area contributed by atoms with Crippen LogP contribution in [0.5, 0.6) is 0 Å². The van der Waals surface area contributed by atoms with Crippen LogP contribution >= 0.6 is 11.3 Å². The number of carbonyl (C=O) groups is 2. The molecule has 1 aromatic rings. The number of hydrogen-bond acceptors (Lipinski definition) is 4. The summed E-state index contributed by atoms with van der Waals surface area (Å²) in [6, 6.07) is 3.54. The average Bonchev–Trinajstić information content (AvgIpc) is 2.93. The molecule has 0 unspecified atom stereocenters. The fourth-order valence-corrected chi connectivity index (χ4v) is 3.01. The summed E-state index contributed by atoms with van der Waals surface area (Å²) in [4.78, 5) is 28.4. The highest BCUT2D eigenvalue weighted by atomic mass is 32.1. The van der Waals surface area contributed by atoms with Gasteiger partial charge in [0.15, 0.2) is 0 Å². The van der Waals surface area contributed by atoms with Crippen molar-refractivity contribution < 1.29 is 14.7 Å². The molecule has 2 heterocycles. The van der Waals surface area contributed by atoms with Crippen molar-refractivity contribution in [3.05, 3.63) is 28.0 Å². The molecule has 0 radical (unpaired) electrons. The van der Waals surface area contributed by atoms with Crippen LogP contribution in [-0.4, -0.2) is 59.5 Å². The molecule has 0 bridgehead atoms. The fourth-order valence-electron chi connectivity index (χ4n) is 2.13. The smallest absolute Gasteiger partial charge is 0.328 e. The van der Waals surface area contributed by atoms with Gasteiger partial charge in [0, 0.05) is 37.1 Å². The van der Waals surface area contributed by atoms with Crippen LogP contribution in [0.2, 0.25) is 0 Å². The molecule has 2 rings (SSSR count). The number of rotatable bonds is 4. The first-order valence-electron chi connectivity index (χ1n) is 6.62. The van der Waals surface area contributed by atoms with Crippen LogP contribution in [0.3, 0.4) is 0 Å². The summed E-state index contributed by atoms with van der Waals surface area (Å²) >= 11 is 1.33. The minimum Gasteiger partial charge on any atom is -0.478 e. The van der Waals surface area contributed by atoms with E-state index in [0.29, 0.717) is 4.88 Å². The molecule has 0 saturated carbocycles. The highest BCUT2D eigenvalue weighted by Gasteiger charge is 2.22. The summed E-state index contributed by atoms with van der Waals surface area (Å²) in [6.07, 6.45) is 2.60. The minimum atomic E-state index is -0.984. The Balaban J connectivity index is 1.98. The molecule has 0 aliphatic carbocycles. The lowest BCUT2D eigenvalue weighted by Crippen LogP contribution is -2.48.